The molecule has 0 rings (SSSR count). The third kappa shape index (κ3) is 7.30. The zero-order valence-electron chi connectivity index (χ0n) is 10.8. The fraction of sp³-hybridized carbons (Fsp3) is 0.900. The number of nitrogens with zero attached hydrogens (tertiary/aromatic N) is 1. The monoisotopic (exact) mass is 265 g/mol. The number of nitrogens with two attached hydrogens (primary N) is 1. The lowest BCUT2D eigenvalue weighted by Crippen LogP contribution is -2.34. The molecule has 1 unspecified atom stereocenters. The number of amides is 1. The van der Waals surface area contributed by atoms with Gasteiger partial charge in [0.2, 0.25) is 15.9 Å². The Morgan fingerprint density at radius 3 is 2.47 bits per heavy atom. The standard InChI is InChI=1S/C10H23N3O3S/c1-9(8-11)4-5-10(14)12-6-7-17(15,16)13(2)3/h9H,4-8,11H2,1-3H3,(H,12,14). The van der Waals surface area contributed by atoms with E-state index in [9.17, 15) is 13.2 Å². The van der Waals surface area contributed by atoms with Crippen LogP contribution in [0.3, 0.4) is 0 Å². The highest BCUT2D eigenvalue weighted by Gasteiger charge is 2.13. The molecule has 0 aromatic carbocycles. The van der Waals surface area contributed by atoms with E-state index < -0.39 is 10.0 Å². The highest BCUT2D eigenvalue weighted by Crippen LogP contribution is 2.02. The Bertz CT molecular complexity index is 328. The Kier molecular flexibility index (Phi) is 7.33. The van der Waals surface area contributed by atoms with Crippen LogP contribution in [-0.2, 0) is 14.8 Å². The third-order valence-electron chi connectivity index (χ3n) is 2.51. The highest BCUT2D eigenvalue weighted by molar-refractivity contribution is 7.89. The molecule has 0 radical (unpaired) electrons. The van der Waals surface area contributed by atoms with Crippen LogP contribution in [0.5, 0.6) is 0 Å². The summed E-state index contributed by atoms with van der Waals surface area (Å²) < 4.78 is 23.9. The van der Waals surface area contributed by atoms with Gasteiger partial charge in [0.15, 0.2) is 0 Å². The van der Waals surface area contributed by atoms with Gasteiger partial charge in [-0.2, -0.15) is 0 Å². The van der Waals surface area contributed by atoms with E-state index in [0.717, 1.165) is 10.7 Å². The van der Waals surface area contributed by atoms with Crippen molar-refractivity contribution >= 4 is 15.9 Å². The molecule has 0 spiro atoms. The van der Waals surface area contributed by atoms with Gasteiger partial charge >= 0.3 is 0 Å². The minimum atomic E-state index is -3.23. The van der Waals surface area contributed by atoms with Crippen LogP contribution in [0.1, 0.15) is 19.8 Å². The molecule has 0 saturated carbocycles. The molecule has 0 bridgehead atoms. The fourth-order valence-corrected chi connectivity index (χ4v) is 1.81. The second kappa shape index (κ2) is 7.62. The van der Waals surface area contributed by atoms with Crippen LogP contribution in [0, 0.1) is 5.92 Å². The Balaban J connectivity index is 3.80. The smallest absolute Gasteiger partial charge is 0.220 e. The van der Waals surface area contributed by atoms with Crippen molar-refractivity contribution in [3.63, 3.8) is 0 Å². The zero-order valence-corrected chi connectivity index (χ0v) is 11.6. The molecule has 17 heavy (non-hydrogen) atoms. The van der Waals surface area contributed by atoms with E-state index in [1.807, 2.05) is 6.92 Å². The molecule has 0 aliphatic carbocycles. The normalized spacial score (nSPS) is 13.7. The molecule has 0 fully saturated rings. The van der Waals surface area contributed by atoms with E-state index in [1.165, 1.54) is 14.1 Å². The number of sulfonamides is 1. The molecule has 0 saturated heterocycles. The summed E-state index contributed by atoms with van der Waals surface area (Å²) in [5.41, 5.74) is 5.43. The van der Waals surface area contributed by atoms with Crippen molar-refractivity contribution in [2.24, 2.45) is 11.7 Å². The predicted molar refractivity (Wildman–Crippen MR) is 67.9 cm³/mol. The van der Waals surface area contributed by atoms with Gasteiger partial charge in [0.25, 0.3) is 0 Å². The van der Waals surface area contributed by atoms with E-state index >= 15 is 0 Å². The molecule has 102 valence electrons. The second-order valence-corrected chi connectivity index (χ2v) is 6.63. The number of carbonyl (C=O) groups excluding carboxylic acids is 1. The van der Waals surface area contributed by atoms with Gasteiger partial charge in [-0.1, -0.05) is 6.92 Å². The maximum absolute atomic E-state index is 11.4. The number of carbonyl (C=O) groups is 1. The predicted octanol–water partition coefficient (Wildman–Crippen LogP) is -0.631. The summed E-state index contributed by atoms with van der Waals surface area (Å²) in [4.78, 5) is 11.4. The Hall–Kier alpha value is -0.660. The van der Waals surface area contributed by atoms with Gasteiger partial charge in [-0.05, 0) is 18.9 Å². The summed E-state index contributed by atoms with van der Waals surface area (Å²) in [6, 6.07) is 0. The van der Waals surface area contributed by atoms with E-state index in [0.29, 0.717) is 18.9 Å². The van der Waals surface area contributed by atoms with E-state index in [4.69, 9.17) is 5.73 Å². The fourth-order valence-electron chi connectivity index (χ4n) is 1.09. The van der Waals surface area contributed by atoms with Crippen LogP contribution in [0.15, 0.2) is 0 Å². The third-order valence-corrected chi connectivity index (χ3v) is 4.34. The molecule has 7 heteroatoms. The molecule has 1 amide bonds. The van der Waals surface area contributed by atoms with Gasteiger partial charge in [-0.25, -0.2) is 12.7 Å². The topological polar surface area (TPSA) is 92.5 Å². The average Bonchev–Trinajstić information content (AvgIpc) is 2.25. The molecule has 6 nitrogen and oxygen atoms in total. The van der Waals surface area contributed by atoms with Gasteiger partial charge in [-0.15, -0.1) is 0 Å². The summed E-state index contributed by atoms with van der Waals surface area (Å²) >= 11 is 0. The first-order valence-corrected chi connectivity index (χ1v) is 7.27. The first kappa shape index (κ1) is 16.3. The lowest BCUT2D eigenvalue weighted by Gasteiger charge is -2.12. The van der Waals surface area contributed by atoms with Gasteiger partial charge < -0.3 is 11.1 Å². The van der Waals surface area contributed by atoms with E-state index in [2.05, 4.69) is 5.32 Å². The van der Waals surface area contributed by atoms with Crippen molar-refractivity contribution in [1.29, 1.82) is 0 Å². The van der Waals surface area contributed by atoms with Crippen LogP contribution in [-0.4, -0.2) is 51.6 Å². The molecule has 1 atom stereocenters. The summed E-state index contributed by atoms with van der Waals surface area (Å²) in [7, 11) is -0.287. The van der Waals surface area contributed by atoms with Crippen LogP contribution in [0.25, 0.3) is 0 Å². The maximum atomic E-state index is 11.4. The lowest BCUT2D eigenvalue weighted by molar-refractivity contribution is -0.121. The Labute approximate surface area is 104 Å². The molecular formula is C10H23N3O3S. The van der Waals surface area contributed by atoms with Gasteiger partial charge in [0.05, 0.1) is 5.75 Å². The second-order valence-electron chi connectivity index (χ2n) is 4.33. The Morgan fingerprint density at radius 1 is 1.41 bits per heavy atom. The Morgan fingerprint density at radius 2 is 2.00 bits per heavy atom. The molecule has 3 N–H and O–H groups in total. The number of hydrogen-bond acceptors (Lipinski definition) is 4. The molecule has 0 heterocycles. The van der Waals surface area contributed by atoms with E-state index in [1.54, 1.807) is 0 Å². The van der Waals surface area contributed by atoms with Crippen LogP contribution in [0.2, 0.25) is 0 Å². The molecule has 0 aliphatic heterocycles. The summed E-state index contributed by atoms with van der Waals surface area (Å²) in [6.07, 6.45) is 1.11. The van der Waals surface area contributed by atoms with Crippen molar-refractivity contribution in [3.8, 4) is 0 Å². The SMILES string of the molecule is CC(CN)CCC(=O)NCCS(=O)(=O)N(C)C. The van der Waals surface area contributed by atoms with Crippen molar-refractivity contribution in [3.05, 3.63) is 0 Å². The van der Waals surface area contributed by atoms with Crippen molar-refractivity contribution in [1.82, 2.24) is 9.62 Å². The van der Waals surface area contributed by atoms with Crippen molar-refractivity contribution in [2.75, 3.05) is 32.9 Å². The van der Waals surface area contributed by atoms with Crippen LogP contribution >= 0.6 is 0 Å². The average molecular weight is 265 g/mol. The molecule has 0 aromatic heterocycles. The first-order chi connectivity index (χ1) is 7.79. The maximum Gasteiger partial charge on any atom is 0.220 e. The minimum Gasteiger partial charge on any atom is -0.355 e. The number of rotatable bonds is 8. The zero-order chi connectivity index (χ0) is 13.5. The first-order valence-electron chi connectivity index (χ1n) is 5.66. The highest BCUT2D eigenvalue weighted by atomic mass is 32.2. The molecule has 0 aliphatic rings. The van der Waals surface area contributed by atoms with E-state index in [-0.39, 0.29) is 18.2 Å². The van der Waals surface area contributed by atoms with Crippen molar-refractivity contribution in [2.45, 2.75) is 19.8 Å². The van der Waals surface area contributed by atoms with Gasteiger partial charge in [0.1, 0.15) is 0 Å². The van der Waals surface area contributed by atoms with Gasteiger partial charge in [0, 0.05) is 27.1 Å². The number of hydrogen-bond donors (Lipinski definition) is 2. The van der Waals surface area contributed by atoms with Crippen LogP contribution in [0.4, 0.5) is 0 Å². The minimum absolute atomic E-state index is 0.0712. The lowest BCUT2D eigenvalue weighted by atomic mass is 10.1. The largest absolute Gasteiger partial charge is 0.355 e. The summed E-state index contributed by atoms with van der Waals surface area (Å²) in [5, 5.41) is 2.59. The van der Waals surface area contributed by atoms with Crippen LogP contribution < -0.4 is 11.1 Å². The summed E-state index contributed by atoms with van der Waals surface area (Å²) in [6.45, 7) is 2.68. The van der Waals surface area contributed by atoms with Gasteiger partial charge in [-0.3, -0.25) is 4.79 Å². The molecular weight excluding hydrogens is 242 g/mol. The van der Waals surface area contributed by atoms with Crippen molar-refractivity contribution < 1.29 is 13.2 Å². The molecule has 0 aromatic rings. The summed E-state index contributed by atoms with van der Waals surface area (Å²) in [5.74, 6) is 0.114. The number of nitrogens with one attached hydrogen (secondary N) is 1. The quantitative estimate of drug-likeness (QED) is 0.611.